The van der Waals surface area contributed by atoms with Crippen molar-refractivity contribution in [2.45, 2.75) is 13.5 Å². The van der Waals surface area contributed by atoms with Gasteiger partial charge in [-0.3, -0.25) is 0 Å². The highest BCUT2D eigenvalue weighted by molar-refractivity contribution is 5.25. The molecule has 0 amide bonds. The molecule has 0 fully saturated rings. The molecule has 1 N–H and O–H groups in total. The summed E-state index contributed by atoms with van der Waals surface area (Å²) in [5.74, 6) is 2.55. The Morgan fingerprint density at radius 1 is 1.42 bits per heavy atom. The Bertz CT molecular complexity index is 283. The SMILES string of the molecule is C#CCNCc1ccccc1C. The van der Waals surface area contributed by atoms with Gasteiger partial charge in [0.1, 0.15) is 0 Å². The Morgan fingerprint density at radius 3 is 2.83 bits per heavy atom. The summed E-state index contributed by atoms with van der Waals surface area (Å²) in [5.41, 5.74) is 2.62. The predicted molar refractivity (Wildman–Crippen MR) is 51.7 cm³/mol. The van der Waals surface area contributed by atoms with Crippen molar-refractivity contribution in [1.82, 2.24) is 5.32 Å². The molecule has 0 spiro atoms. The predicted octanol–water partition coefficient (Wildman–Crippen LogP) is 1.72. The molecule has 1 aromatic rings. The maximum atomic E-state index is 5.12. The van der Waals surface area contributed by atoms with Crippen LogP contribution in [-0.4, -0.2) is 6.54 Å². The van der Waals surface area contributed by atoms with Gasteiger partial charge in [0.25, 0.3) is 0 Å². The number of terminal acetylenes is 1. The number of rotatable bonds is 3. The van der Waals surface area contributed by atoms with Crippen LogP contribution in [-0.2, 0) is 6.54 Å². The van der Waals surface area contributed by atoms with Gasteiger partial charge in [-0.15, -0.1) is 6.42 Å². The molecule has 0 bridgehead atoms. The Morgan fingerprint density at radius 2 is 2.17 bits per heavy atom. The molecule has 0 aliphatic heterocycles. The van der Waals surface area contributed by atoms with E-state index in [1.165, 1.54) is 11.1 Å². The van der Waals surface area contributed by atoms with Crippen LogP contribution in [0.2, 0.25) is 0 Å². The van der Waals surface area contributed by atoms with Gasteiger partial charge in [-0.25, -0.2) is 0 Å². The van der Waals surface area contributed by atoms with Crippen molar-refractivity contribution >= 4 is 0 Å². The summed E-state index contributed by atoms with van der Waals surface area (Å²) in [7, 11) is 0. The maximum Gasteiger partial charge on any atom is 0.0576 e. The molecular weight excluding hydrogens is 146 g/mol. The lowest BCUT2D eigenvalue weighted by molar-refractivity contribution is 0.766. The largest absolute Gasteiger partial charge is 0.302 e. The summed E-state index contributed by atoms with van der Waals surface area (Å²) in [6.45, 7) is 3.60. The van der Waals surface area contributed by atoms with E-state index >= 15 is 0 Å². The smallest absolute Gasteiger partial charge is 0.0576 e. The Kier molecular flexibility index (Phi) is 3.37. The van der Waals surface area contributed by atoms with Gasteiger partial charge in [0, 0.05) is 6.54 Å². The molecule has 0 aromatic heterocycles. The van der Waals surface area contributed by atoms with Crippen LogP contribution in [0.4, 0.5) is 0 Å². The van der Waals surface area contributed by atoms with E-state index in [0.29, 0.717) is 6.54 Å². The molecule has 62 valence electrons. The highest BCUT2D eigenvalue weighted by Crippen LogP contribution is 2.05. The van der Waals surface area contributed by atoms with E-state index in [9.17, 15) is 0 Å². The van der Waals surface area contributed by atoms with Crippen LogP contribution in [0.3, 0.4) is 0 Å². The zero-order valence-corrected chi connectivity index (χ0v) is 7.30. The molecule has 0 heterocycles. The third-order valence-electron chi connectivity index (χ3n) is 1.80. The summed E-state index contributed by atoms with van der Waals surface area (Å²) in [6, 6.07) is 8.30. The van der Waals surface area contributed by atoms with E-state index in [4.69, 9.17) is 6.42 Å². The summed E-state index contributed by atoms with van der Waals surface area (Å²) >= 11 is 0. The first-order chi connectivity index (χ1) is 5.84. The highest BCUT2D eigenvalue weighted by Gasteiger charge is 1.93. The normalized spacial score (nSPS) is 9.33. The molecule has 0 aliphatic carbocycles. The number of aryl methyl sites for hydroxylation is 1. The van der Waals surface area contributed by atoms with E-state index in [1.54, 1.807) is 0 Å². The quantitative estimate of drug-likeness (QED) is 0.523. The lowest BCUT2D eigenvalue weighted by Crippen LogP contribution is -2.13. The lowest BCUT2D eigenvalue weighted by Gasteiger charge is -2.04. The van der Waals surface area contributed by atoms with E-state index in [-0.39, 0.29) is 0 Å². The van der Waals surface area contributed by atoms with Crippen LogP contribution in [0.5, 0.6) is 0 Å². The molecule has 1 rings (SSSR count). The van der Waals surface area contributed by atoms with Gasteiger partial charge in [0.2, 0.25) is 0 Å². The van der Waals surface area contributed by atoms with Crippen LogP contribution < -0.4 is 5.32 Å². The molecular formula is C11H13N. The molecule has 0 saturated carbocycles. The zero-order chi connectivity index (χ0) is 8.81. The number of hydrogen-bond acceptors (Lipinski definition) is 1. The number of benzene rings is 1. The molecule has 0 atom stereocenters. The van der Waals surface area contributed by atoms with E-state index in [1.807, 2.05) is 12.1 Å². The van der Waals surface area contributed by atoms with Gasteiger partial charge in [0.05, 0.1) is 6.54 Å². The average Bonchev–Trinajstić information content (AvgIpc) is 2.09. The first kappa shape index (κ1) is 8.83. The van der Waals surface area contributed by atoms with Crippen molar-refractivity contribution in [3.05, 3.63) is 35.4 Å². The fourth-order valence-corrected chi connectivity index (χ4v) is 1.08. The van der Waals surface area contributed by atoms with Crippen molar-refractivity contribution in [3.8, 4) is 12.3 Å². The van der Waals surface area contributed by atoms with Crippen molar-refractivity contribution in [1.29, 1.82) is 0 Å². The van der Waals surface area contributed by atoms with Gasteiger partial charge in [-0.05, 0) is 18.1 Å². The van der Waals surface area contributed by atoms with Crippen LogP contribution >= 0.6 is 0 Å². The monoisotopic (exact) mass is 159 g/mol. The molecule has 12 heavy (non-hydrogen) atoms. The van der Waals surface area contributed by atoms with Gasteiger partial charge < -0.3 is 5.32 Å². The fraction of sp³-hybridized carbons (Fsp3) is 0.273. The third-order valence-corrected chi connectivity index (χ3v) is 1.80. The van der Waals surface area contributed by atoms with Crippen LogP contribution in [0.25, 0.3) is 0 Å². The van der Waals surface area contributed by atoms with Crippen LogP contribution in [0.15, 0.2) is 24.3 Å². The summed E-state index contributed by atoms with van der Waals surface area (Å²) < 4.78 is 0. The minimum atomic E-state index is 0.633. The van der Waals surface area contributed by atoms with E-state index in [0.717, 1.165) is 6.54 Å². The third kappa shape index (κ3) is 2.41. The zero-order valence-electron chi connectivity index (χ0n) is 7.30. The van der Waals surface area contributed by atoms with Gasteiger partial charge >= 0.3 is 0 Å². The summed E-state index contributed by atoms with van der Waals surface area (Å²) in [5, 5.41) is 3.16. The molecule has 0 saturated heterocycles. The minimum Gasteiger partial charge on any atom is -0.302 e. The van der Waals surface area contributed by atoms with E-state index < -0.39 is 0 Å². The van der Waals surface area contributed by atoms with Crippen molar-refractivity contribution in [2.75, 3.05) is 6.54 Å². The average molecular weight is 159 g/mol. The molecule has 0 aliphatic rings. The molecule has 1 nitrogen and oxygen atoms in total. The highest BCUT2D eigenvalue weighted by atomic mass is 14.8. The first-order valence-electron chi connectivity index (χ1n) is 4.03. The Hall–Kier alpha value is -1.26. The fourth-order valence-electron chi connectivity index (χ4n) is 1.08. The van der Waals surface area contributed by atoms with Gasteiger partial charge in [-0.1, -0.05) is 30.2 Å². The van der Waals surface area contributed by atoms with Gasteiger partial charge in [-0.2, -0.15) is 0 Å². The van der Waals surface area contributed by atoms with Crippen molar-refractivity contribution < 1.29 is 0 Å². The second kappa shape index (κ2) is 4.58. The first-order valence-corrected chi connectivity index (χ1v) is 4.03. The standard InChI is InChI=1S/C11H13N/c1-3-8-12-9-11-7-5-4-6-10(11)2/h1,4-7,12H,8-9H2,2H3. The summed E-state index contributed by atoms with van der Waals surface area (Å²) in [4.78, 5) is 0. The van der Waals surface area contributed by atoms with Crippen molar-refractivity contribution in [3.63, 3.8) is 0 Å². The molecule has 1 heteroatoms. The Labute approximate surface area is 73.8 Å². The molecule has 0 unspecified atom stereocenters. The van der Waals surface area contributed by atoms with Gasteiger partial charge in [0.15, 0.2) is 0 Å². The second-order valence-electron chi connectivity index (χ2n) is 2.73. The molecule has 1 aromatic carbocycles. The van der Waals surface area contributed by atoms with Crippen molar-refractivity contribution in [2.24, 2.45) is 0 Å². The summed E-state index contributed by atoms with van der Waals surface area (Å²) in [6.07, 6.45) is 5.12. The number of nitrogens with one attached hydrogen (secondary N) is 1. The van der Waals surface area contributed by atoms with Crippen LogP contribution in [0, 0.1) is 19.3 Å². The Balaban J connectivity index is 2.53. The lowest BCUT2D eigenvalue weighted by atomic mass is 10.1. The van der Waals surface area contributed by atoms with E-state index in [2.05, 4.69) is 30.3 Å². The second-order valence-corrected chi connectivity index (χ2v) is 2.73. The topological polar surface area (TPSA) is 12.0 Å². The van der Waals surface area contributed by atoms with Crippen LogP contribution in [0.1, 0.15) is 11.1 Å². The number of hydrogen-bond donors (Lipinski definition) is 1. The molecule has 0 radical (unpaired) electrons. The maximum absolute atomic E-state index is 5.12. The minimum absolute atomic E-state index is 0.633.